The van der Waals surface area contributed by atoms with Crippen molar-refractivity contribution in [2.45, 2.75) is 58.1 Å². The molecular formula is C24H32N2O2. The SMILES string of the molecule is Cc1ccccc1CN1CCC(O)(C(=O)Nc2ccc(C(C)(C)C)cc2)CC1. The van der Waals surface area contributed by atoms with E-state index in [1.807, 2.05) is 30.3 Å². The molecule has 0 saturated carbocycles. The Morgan fingerprint density at radius 2 is 1.68 bits per heavy atom. The number of aliphatic hydroxyl groups is 1. The molecule has 1 aliphatic rings. The molecule has 2 aromatic rings. The lowest BCUT2D eigenvalue weighted by Gasteiger charge is -2.37. The molecule has 0 spiro atoms. The van der Waals surface area contributed by atoms with Gasteiger partial charge in [0.2, 0.25) is 0 Å². The molecule has 28 heavy (non-hydrogen) atoms. The van der Waals surface area contributed by atoms with Crippen molar-refractivity contribution < 1.29 is 9.90 Å². The minimum absolute atomic E-state index is 0.0741. The third-order valence-electron chi connectivity index (χ3n) is 5.77. The van der Waals surface area contributed by atoms with E-state index in [-0.39, 0.29) is 11.3 Å². The largest absolute Gasteiger partial charge is 0.380 e. The van der Waals surface area contributed by atoms with E-state index in [2.05, 4.69) is 56.1 Å². The van der Waals surface area contributed by atoms with Gasteiger partial charge in [-0.05, 0) is 54.0 Å². The third-order valence-corrected chi connectivity index (χ3v) is 5.77. The standard InChI is InChI=1S/C24H32N2O2/c1-18-7-5-6-8-19(18)17-26-15-13-24(28,14-16-26)22(27)25-21-11-9-20(10-12-21)23(2,3)4/h5-12,28H,13-17H2,1-4H3,(H,25,27). The summed E-state index contributed by atoms with van der Waals surface area (Å²) in [7, 11) is 0. The maximum atomic E-state index is 12.7. The van der Waals surface area contributed by atoms with Crippen molar-refractivity contribution in [1.29, 1.82) is 0 Å². The van der Waals surface area contributed by atoms with Gasteiger partial charge in [0.15, 0.2) is 0 Å². The molecule has 4 nitrogen and oxygen atoms in total. The van der Waals surface area contributed by atoms with Crippen molar-refractivity contribution in [2.24, 2.45) is 0 Å². The van der Waals surface area contributed by atoms with Gasteiger partial charge in [0.1, 0.15) is 5.60 Å². The van der Waals surface area contributed by atoms with E-state index in [1.165, 1.54) is 16.7 Å². The first-order valence-electron chi connectivity index (χ1n) is 10.1. The molecule has 2 aromatic carbocycles. The van der Waals surface area contributed by atoms with E-state index < -0.39 is 5.60 Å². The van der Waals surface area contributed by atoms with Crippen LogP contribution in [0.15, 0.2) is 48.5 Å². The number of aryl methyl sites for hydroxylation is 1. The fraction of sp³-hybridized carbons (Fsp3) is 0.458. The summed E-state index contributed by atoms with van der Waals surface area (Å²) in [6.45, 7) is 10.9. The van der Waals surface area contributed by atoms with Crippen LogP contribution in [0.1, 0.15) is 50.3 Å². The molecule has 4 heteroatoms. The third kappa shape index (κ3) is 4.81. The molecule has 0 unspecified atom stereocenters. The number of anilines is 1. The Bertz CT molecular complexity index is 813. The zero-order valence-corrected chi connectivity index (χ0v) is 17.5. The number of nitrogens with one attached hydrogen (secondary N) is 1. The zero-order chi connectivity index (χ0) is 20.4. The zero-order valence-electron chi connectivity index (χ0n) is 17.5. The summed E-state index contributed by atoms with van der Waals surface area (Å²) < 4.78 is 0. The first-order chi connectivity index (χ1) is 13.2. The summed E-state index contributed by atoms with van der Waals surface area (Å²) in [6, 6.07) is 16.3. The predicted octanol–water partition coefficient (Wildman–Crippen LogP) is 4.26. The number of nitrogens with zero attached hydrogens (tertiary/aromatic N) is 1. The molecule has 0 atom stereocenters. The fourth-order valence-corrected chi connectivity index (χ4v) is 3.64. The first-order valence-corrected chi connectivity index (χ1v) is 10.1. The number of amides is 1. The Balaban J connectivity index is 1.57. The molecule has 150 valence electrons. The van der Waals surface area contributed by atoms with E-state index >= 15 is 0 Å². The van der Waals surface area contributed by atoms with Crippen LogP contribution in [-0.2, 0) is 16.8 Å². The summed E-state index contributed by atoms with van der Waals surface area (Å²) in [4.78, 5) is 15.0. The van der Waals surface area contributed by atoms with Gasteiger partial charge in [0.05, 0.1) is 0 Å². The Hall–Kier alpha value is -2.17. The molecule has 1 saturated heterocycles. The molecule has 0 bridgehead atoms. The topological polar surface area (TPSA) is 52.6 Å². The van der Waals surface area contributed by atoms with Crippen LogP contribution in [0.2, 0.25) is 0 Å². The lowest BCUT2D eigenvalue weighted by atomic mass is 9.87. The van der Waals surface area contributed by atoms with E-state index in [9.17, 15) is 9.90 Å². The van der Waals surface area contributed by atoms with E-state index in [1.54, 1.807) is 0 Å². The van der Waals surface area contributed by atoms with Gasteiger partial charge in [0.25, 0.3) is 5.91 Å². The molecule has 0 aromatic heterocycles. The minimum Gasteiger partial charge on any atom is -0.380 e. The van der Waals surface area contributed by atoms with Crippen LogP contribution in [0.5, 0.6) is 0 Å². The Kier molecular flexibility index (Phi) is 5.92. The van der Waals surface area contributed by atoms with Crippen LogP contribution in [0.4, 0.5) is 5.69 Å². The van der Waals surface area contributed by atoms with Crippen LogP contribution >= 0.6 is 0 Å². The first kappa shape index (κ1) is 20.6. The van der Waals surface area contributed by atoms with Crippen molar-refractivity contribution >= 4 is 11.6 Å². The molecule has 1 fully saturated rings. The number of carbonyl (C=O) groups excluding carboxylic acids is 1. The lowest BCUT2D eigenvalue weighted by Crippen LogP contribution is -2.51. The quantitative estimate of drug-likeness (QED) is 0.833. The van der Waals surface area contributed by atoms with Crippen LogP contribution in [0.3, 0.4) is 0 Å². The summed E-state index contributed by atoms with van der Waals surface area (Å²) in [5.41, 5.74) is 3.30. The molecule has 2 N–H and O–H groups in total. The molecule has 1 aliphatic heterocycles. The monoisotopic (exact) mass is 380 g/mol. The second kappa shape index (κ2) is 8.06. The van der Waals surface area contributed by atoms with Crippen molar-refractivity contribution in [1.82, 2.24) is 4.90 Å². The molecule has 0 radical (unpaired) electrons. The van der Waals surface area contributed by atoms with Crippen molar-refractivity contribution in [3.8, 4) is 0 Å². The number of rotatable bonds is 4. The average molecular weight is 381 g/mol. The van der Waals surface area contributed by atoms with Gasteiger partial charge in [-0.2, -0.15) is 0 Å². The summed E-state index contributed by atoms with van der Waals surface area (Å²) in [5, 5.41) is 13.8. The number of carbonyl (C=O) groups is 1. The lowest BCUT2D eigenvalue weighted by molar-refractivity contribution is -0.139. The second-order valence-corrected chi connectivity index (χ2v) is 9.02. The van der Waals surface area contributed by atoms with Crippen LogP contribution < -0.4 is 5.32 Å². The van der Waals surface area contributed by atoms with E-state index in [0.29, 0.717) is 25.9 Å². The summed E-state index contributed by atoms with van der Waals surface area (Å²) in [6.07, 6.45) is 0.898. The Morgan fingerprint density at radius 1 is 1.07 bits per heavy atom. The number of likely N-dealkylation sites (tertiary alicyclic amines) is 1. The number of hydrogen-bond donors (Lipinski definition) is 2. The predicted molar refractivity (Wildman–Crippen MR) is 114 cm³/mol. The fourth-order valence-electron chi connectivity index (χ4n) is 3.64. The highest BCUT2D eigenvalue weighted by Crippen LogP contribution is 2.27. The van der Waals surface area contributed by atoms with Crippen LogP contribution in [-0.4, -0.2) is 34.6 Å². The normalized spacial score (nSPS) is 17.3. The van der Waals surface area contributed by atoms with Crippen LogP contribution in [0, 0.1) is 6.92 Å². The second-order valence-electron chi connectivity index (χ2n) is 9.02. The summed E-state index contributed by atoms with van der Waals surface area (Å²) >= 11 is 0. The van der Waals surface area contributed by atoms with Gasteiger partial charge in [-0.15, -0.1) is 0 Å². The minimum atomic E-state index is -1.30. The van der Waals surface area contributed by atoms with E-state index in [4.69, 9.17) is 0 Å². The van der Waals surface area contributed by atoms with Gasteiger partial charge in [-0.3, -0.25) is 9.69 Å². The van der Waals surface area contributed by atoms with E-state index in [0.717, 1.165) is 12.2 Å². The average Bonchev–Trinajstić information content (AvgIpc) is 2.65. The molecule has 1 heterocycles. The van der Waals surface area contributed by atoms with Gasteiger partial charge < -0.3 is 10.4 Å². The Labute approximate surface area is 168 Å². The number of piperidine rings is 1. The Morgan fingerprint density at radius 3 is 2.25 bits per heavy atom. The molecule has 3 rings (SSSR count). The smallest absolute Gasteiger partial charge is 0.256 e. The van der Waals surface area contributed by atoms with Gasteiger partial charge in [0, 0.05) is 25.3 Å². The van der Waals surface area contributed by atoms with Gasteiger partial charge in [-0.25, -0.2) is 0 Å². The highest BCUT2D eigenvalue weighted by atomic mass is 16.3. The van der Waals surface area contributed by atoms with Crippen molar-refractivity contribution in [3.63, 3.8) is 0 Å². The van der Waals surface area contributed by atoms with Gasteiger partial charge in [-0.1, -0.05) is 57.2 Å². The highest BCUT2D eigenvalue weighted by molar-refractivity contribution is 5.97. The van der Waals surface area contributed by atoms with Gasteiger partial charge >= 0.3 is 0 Å². The molecule has 1 amide bonds. The van der Waals surface area contributed by atoms with Crippen LogP contribution in [0.25, 0.3) is 0 Å². The maximum Gasteiger partial charge on any atom is 0.256 e. The van der Waals surface area contributed by atoms with Crippen molar-refractivity contribution in [3.05, 3.63) is 65.2 Å². The molecular weight excluding hydrogens is 348 g/mol. The number of hydrogen-bond acceptors (Lipinski definition) is 3. The summed E-state index contributed by atoms with van der Waals surface area (Å²) in [5.74, 6) is -0.299. The highest BCUT2D eigenvalue weighted by Gasteiger charge is 2.39. The van der Waals surface area contributed by atoms with Crippen molar-refractivity contribution in [2.75, 3.05) is 18.4 Å². The molecule has 0 aliphatic carbocycles. The number of benzene rings is 2. The maximum absolute atomic E-state index is 12.7.